The highest BCUT2D eigenvalue weighted by Gasteiger charge is 2.11. The molecule has 2 aromatic heterocycles. The number of aliphatic hydroxyl groups is 1. The average Bonchev–Trinajstić information content (AvgIpc) is 2.66. The minimum Gasteiger partial charge on any atom is -0.394 e. The fourth-order valence-corrected chi connectivity index (χ4v) is 2.39. The van der Waals surface area contributed by atoms with Gasteiger partial charge in [-0.1, -0.05) is 6.07 Å². The van der Waals surface area contributed by atoms with Gasteiger partial charge in [-0.3, -0.25) is 4.98 Å². The van der Waals surface area contributed by atoms with E-state index in [9.17, 15) is 9.50 Å². The summed E-state index contributed by atoms with van der Waals surface area (Å²) in [6.45, 7) is 3.48. The average molecular weight is 353 g/mol. The van der Waals surface area contributed by atoms with E-state index in [2.05, 4.69) is 25.6 Å². The third-order valence-electron chi connectivity index (χ3n) is 3.88. The lowest BCUT2D eigenvalue weighted by Crippen LogP contribution is -2.21. The van der Waals surface area contributed by atoms with Gasteiger partial charge in [0, 0.05) is 41.3 Å². The van der Waals surface area contributed by atoms with E-state index in [-0.39, 0.29) is 18.5 Å². The van der Waals surface area contributed by atoms with E-state index in [1.807, 2.05) is 19.1 Å². The fraction of sp³-hybridized carbons (Fsp3) is 0.211. The molecular formula is C19H20FN5O. The van der Waals surface area contributed by atoms with Crippen LogP contribution >= 0.6 is 0 Å². The highest BCUT2D eigenvalue weighted by molar-refractivity contribution is 5.68. The first-order valence-electron chi connectivity index (χ1n) is 8.26. The molecule has 0 spiro atoms. The Hall–Kier alpha value is -3.06. The minimum absolute atomic E-state index is 0.0470. The summed E-state index contributed by atoms with van der Waals surface area (Å²) >= 11 is 0. The summed E-state index contributed by atoms with van der Waals surface area (Å²) in [5.74, 6) is 0.608. The molecular weight excluding hydrogens is 333 g/mol. The van der Waals surface area contributed by atoms with Crippen LogP contribution in [-0.4, -0.2) is 32.7 Å². The molecule has 0 aliphatic carbocycles. The first-order valence-corrected chi connectivity index (χ1v) is 8.26. The maximum Gasteiger partial charge on any atom is 0.225 e. The van der Waals surface area contributed by atoms with Gasteiger partial charge >= 0.3 is 0 Å². The van der Waals surface area contributed by atoms with Crippen molar-refractivity contribution in [1.82, 2.24) is 15.0 Å². The molecule has 134 valence electrons. The summed E-state index contributed by atoms with van der Waals surface area (Å²) in [5, 5.41) is 15.5. The van der Waals surface area contributed by atoms with Crippen LogP contribution in [0.1, 0.15) is 12.5 Å². The quantitative estimate of drug-likeness (QED) is 0.629. The first kappa shape index (κ1) is 17.8. The summed E-state index contributed by atoms with van der Waals surface area (Å²) in [4.78, 5) is 12.9. The Morgan fingerprint density at radius 2 is 1.92 bits per heavy atom. The monoisotopic (exact) mass is 353 g/mol. The third kappa shape index (κ3) is 4.12. The first-order chi connectivity index (χ1) is 12.6. The Morgan fingerprint density at radius 3 is 2.65 bits per heavy atom. The largest absolute Gasteiger partial charge is 0.394 e. The number of rotatable bonds is 6. The molecule has 6 nitrogen and oxygen atoms in total. The lowest BCUT2D eigenvalue weighted by atomic mass is 10.1. The Morgan fingerprint density at radius 1 is 1.15 bits per heavy atom. The zero-order valence-corrected chi connectivity index (χ0v) is 14.6. The van der Waals surface area contributed by atoms with Crippen molar-refractivity contribution in [3.63, 3.8) is 0 Å². The van der Waals surface area contributed by atoms with Gasteiger partial charge in [-0.25, -0.2) is 9.37 Å². The number of nitrogens with one attached hydrogen (secondary N) is 2. The van der Waals surface area contributed by atoms with Crippen molar-refractivity contribution in [3.05, 3.63) is 60.2 Å². The van der Waals surface area contributed by atoms with Crippen LogP contribution in [-0.2, 0) is 0 Å². The molecule has 26 heavy (non-hydrogen) atoms. The zero-order valence-electron chi connectivity index (χ0n) is 14.6. The summed E-state index contributed by atoms with van der Waals surface area (Å²) in [5.41, 5.74) is 2.70. The molecule has 0 radical (unpaired) electrons. The highest BCUT2D eigenvalue weighted by Crippen LogP contribution is 2.25. The molecule has 0 bridgehead atoms. The van der Waals surface area contributed by atoms with E-state index in [4.69, 9.17) is 0 Å². The van der Waals surface area contributed by atoms with Crippen LogP contribution < -0.4 is 10.6 Å². The van der Waals surface area contributed by atoms with Crippen molar-refractivity contribution in [2.75, 3.05) is 17.2 Å². The second kappa shape index (κ2) is 7.88. The normalized spacial score (nSPS) is 11.8. The Labute approximate surface area is 151 Å². The number of halogens is 1. The van der Waals surface area contributed by atoms with Gasteiger partial charge in [0.05, 0.1) is 12.3 Å². The summed E-state index contributed by atoms with van der Waals surface area (Å²) in [6.07, 6.45) is 3.37. The van der Waals surface area contributed by atoms with Crippen molar-refractivity contribution < 1.29 is 9.50 Å². The maximum atomic E-state index is 13.8. The molecule has 2 heterocycles. The molecule has 7 heteroatoms. The van der Waals surface area contributed by atoms with Crippen LogP contribution in [0.4, 0.5) is 21.8 Å². The van der Waals surface area contributed by atoms with E-state index in [0.29, 0.717) is 28.7 Å². The number of anilines is 3. The Bertz CT molecular complexity index is 888. The fourth-order valence-electron chi connectivity index (χ4n) is 2.39. The molecule has 1 atom stereocenters. The second-order valence-electron chi connectivity index (χ2n) is 5.96. The van der Waals surface area contributed by atoms with E-state index >= 15 is 0 Å². The number of hydrogen-bond acceptors (Lipinski definition) is 6. The molecule has 3 aromatic rings. The number of aromatic nitrogens is 3. The van der Waals surface area contributed by atoms with Crippen molar-refractivity contribution in [2.24, 2.45) is 0 Å². The predicted octanol–water partition coefficient (Wildman–Crippen LogP) is 3.52. The number of nitrogens with zero attached hydrogens (tertiary/aromatic N) is 3. The van der Waals surface area contributed by atoms with E-state index < -0.39 is 0 Å². The summed E-state index contributed by atoms with van der Waals surface area (Å²) < 4.78 is 13.8. The van der Waals surface area contributed by atoms with Gasteiger partial charge in [0.1, 0.15) is 11.6 Å². The third-order valence-corrected chi connectivity index (χ3v) is 3.88. The number of aliphatic hydroxyl groups excluding tert-OH is 1. The molecule has 0 fully saturated rings. The molecule has 0 unspecified atom stereocenters. The number of pyridine rings is 1. The SMILES string of the molecule is Cc1c(F)cccc1Nc1cc(-c2ccncc2)nc(N[C@H](C)CO)n1. The molecule has 0 saturated carbocycles. The molecule has 1 aromatic carbocycles. The molecule has 3 N–H and O–H groups in total. The minimum atomic E-state index is -0.286. The Balaban J connectivity index is 2.00. The summed E-state index contributed by atoms with van der Waals surface area (Å²) in [6, 6.07) is 10.1. The van der Waals surface area contributed by atoms with Gasteiger partial charge in [-0.2, -0.15) is 4.98 Å². The van der Waals surface area contributed by atoms with E-state index in [1.54, 1.807) is 37.5 Å². The smallest absolute Gasteiger partial charge is 0.225 e. The molecule has 0 saturated heterocycles. The van der Waals surface area contributed by atoms with Crippen LogP contribution in [0.25, 0.3) is 11.3 Å². The lowest BCUT2D eigenvalue weighted by Gasteiger charge is -2.15. The van der Waals surface area contributed by atoms with Crippen LogP contribution in [0.2, 0.25) is 0 Å². The van der Waals surface area contributed by atoms with Crippen molar-refractivity contribution in [1.29, 1.82) is 0 Å². The standard InChI is InChI=1S/C19H20FN5O/c1-12(11-26)22-19-24-17(14-6-8-21-9-7-14)10-18(25-19)23-16-5-3-4-15(20)13(16)2/h3-10,12,26H,11H2,1-2H3,(H2,22,23,24,25)/t12-/m1/s1. The van der Waals surface area contributed by atoms with Gasteiger partial charge in [-0.05, 0) is 38.1 Å². The molecule has 3 rings (SSSR count). The topological polar surface area (TPSA) is 83.0 Å². The Kier molecular flexibility index (Phi) is 5.38. The van der Waals surface area contributed by atoms with Crippen LogP contribution in [0.3, 0.4) is 0 Å². The van der Waals surface area contributed by atoms with E-state index in [1.165, 1.54) is 6.07 Å². The second-order valence-corrected chi connectivity index (χ2v) is 5.96. The summed E-state index contributed by atoms with van der Waals surface area (Å²) in [7, 11) is 0. The molecule has 0 aliphatic heterocycles. The number of benzene rings is 1. The van der Waals surface area contributed by atoms with Gasteiger partial charge < -0.3 is 15.7 Å². The van der Waals surface area contributed by atoms with Crippen molar-refractivity contribution >= 4 is 17.5 Å². The van der Waals surface area contributed by atoms with Crippen LogP contribution in [0.5, 0.6) is 0 Å². The van der Waals surface area contributed by atoms with Gasteiger partial charge in [0.25, 0.3) is 0 Å². The van der Waals surface area contributed by atoms with Gasteiger partial charge in [-0.15, -0.1) is 0 Å². The van der Waals surface area contributed by atoms with Gasteiger partial charge in [0.2, 0.25) is 5.95 Å². The van der Waals surface area contributed by atoms with E-state index in [0.717, 1.165) is 5.56 Å². The molecule has 0 aliphatic rings. The van der Waals surface area contributed by atoms with Crippen molar-refractivity contribution in [3.8, 4) is 11.3 Å². The van der Waals surface area contributed by atoms with Crippen LogP contribution in [0, 0.1) is 12.7 Å². The lowest BCUT2D eigenvalue weighted by molar-refractivity contribution is 0.281. The highest BCUT2D eigenvalue weighted by atomic mass is 19.1. The predicted molar refractivity (Wildman–Crippen MR) is 99.9 cm³/mol. The number of hydrogen-bond donors (Lipinski definition) is 3. The maximum absolute atomic E-state index is 13.8. The zero-order chi connectivity index (χ0) is 18.5. The van der Waals surface area contributed by atoms with Gasteiger partial charge in [0.15, 0.2) is 0 Å². The molecule has 0 amide bonds. The van der Waals surface area contributed by atoms with Crippen LogP contribution in [0.15, 0.2) is 48.8 Å². The van der Waals surface area contributed by atoms with Crippen molar-refractivity contribution in [2.45, 2.75) is 19.9 Å².